The van der Waals surface area contributed by atoms with Crippen molar-refractivity contribution in [3.63, 3.8) is 0 Å². The number of aromatic nitrogens is 2. The zero-order chi connectivity index (χ0) is 11.8. The third kappa shape index (κ3) is 2.09. The maximum absolute atomic E-state index is 4.70. The second-order valence-corrected chi connectivity index (χ2v) is 5.84. The lowest BCUT2D eigenvalue weighted by Gasteiger charge is -2.09. The molecule has 0 aromatic carbocycles. The number of halogens is 1. The van der Waals surface area contributed by atoms with Crippen LogP contribution in [0.25, 0.3) is 10.7 Å². The molecule has 0 amide bonds. The van der Waals surface area contributed by atoms with Crippen molar-refractivity contribution in [1.29, 1.82) is 0 Å². The van der Waals surface area contributed by atoms with Gasteiger partial charge in [0, 0.05) is 13.0 Å². The van der Waals surface area contributed by atoms with Crippen molar-refractivity contribution in [2.75, 3.05) is 12.4 Å². The van der Waals surface area contributed by atoms with Crippen LogP contribution in [0.5, 0.6) is 0 Å². The molecule has 3 nitrogen and oxygen atoms in total. The highest BCUT2D eigenvalue weighted by atomic mass is 79.9. The van der Waals surface area contributed by atoms with Crippen molar-refractivity contribution in [2.45, 2.75) is 18.8 Å². The van der Waals surface area contributed by atoms with E-state index >= 15 is 0 Å². The zero-order valence-corrected chi connectivity index (χ0v) is 11.8. The SMILES string of the molecule is CNc1nc(-c2cccs2)nc(C2CC2)c1Br. The molecule has 2 aromatic rings. The molecular weight excluding hydrogens is 298 g/mol. The van der Waals surface area contributed by atoms with Gasteiger partial charge in [-0.15, -0.1) is 11.3 Å². The summed E-state index contributed by atoms with van der Waals surface area (Å²) in [6.45, 7) is 0. The lowest BCUT2D eigenvalue weighted by atomic mass is 10.2. The average Bonchev–Trinajstić information content (AvgIpc) is 3.04. The van der Waals surface area contributed by atoms with Crippen LogP contribution in [0, 0.1) is 0 Å². The molecule has 0 saturated heterocycles. The van der Waals surface area contributed by atoms with E-state index in [0.717, 1.165) is 26.7 Å². The molecule has 1 N–H and O–H groups in total. The molecule has 1 saturated carbocycles. The van der Waals surface area contributed by atoms with Crippen LogP contribution in [-0.4, -0.2) is 17.0 Å². The van der Waals surface area contributed by atoms with Crippen molar-refractivity contribution >= 4 is 33.1 Å². The van der Waals surface area contributed by atoms with Gasteiger partial charge in [-0.1, -0.05) is 6.07 Å². The Balaban J connectivity index is 2.13. The van der Waals surface area contributed by atoms with Crippen LogP contribution in [0.3, 0.4) is 0 Å². The topological polar surface area (TPSA) is 37.8 Å². The van der Waals surface area contributed by atoms with E-state index in [1.807, 2.05) is 13.1 Å². The van der Waals surface area contributed by atoms with Crippen molar-refractivity contribution in [3.8, 4) is 10.7 Å². The van der Waals surface area contributed by atoms with Crippen LogP contribution in [0.4, 0.5) is 5.82 Å². The number of nitrogens with zero attached hydrogens (tertiary/aromatic N) is 2. The van der Waals surface area contributed by atoms with Gasteiger partial charge in [-0.3, -0.25) is 0 Å². The Kier molecular flexibility index (Phi) is 2.88. The molecule has 3 rings (SSSR count). The van der Waals surface area contributed by atoms with Gasteiger partial charge in [0.2, 0.25) is 0 Å². The van der Waals surface area contributed by atoms with Crippen LogP contribution < -0.4 is 5.32 Å². The maximum atomic E-state index is 4.70. The molecule has 5 heteroatoms. The lowest BCUT2D eigenvalue weighted by molar-refractivity contribution is 0.982. The number of thiophene rings is 1. The van der Waals surface area contributed by atoms with Crippen LogP contribution in [0.15, 0.2) is 22.0 Å². The molecule has 17 heavy (non-hydrogen) atoms. The van der Waals surface area contributed by atoms with Crippen molar-refractivity contribution in [1.82, 2.24) is 9.97 Å². The first kappa shape index (κ1) is 11.2. The summed E-state index contributed by atoms with van der Waals surface area (Å²) in [6, 6.07) is 4.09. The van der Waals surface area contributed by atoms with Crippen molar-refractivity contribution < 1.29 is 0 Å². The molecular formula is C12H12BrN3S. The molecule has 0 aliphatic heterocycles. The summed E-state index contributed by atoms with van der Waals surface area (Å²) in [5.74, 6) is 2.32. The largest absolute Gasteiger partial charge is 0.372 e. The molecule has 1 aliphatic carbocycles. The number of anilines is 1. The zero-order valence-electron chi connectivity index (χ0n) is 9.40. The smallest absolute Gasteiger partial charge is 0.171 e. The minimum absolute atomic E-state index is 0.609. The van der Waals surface area contributed by atoms with E-state index in [2.05, 4.69) is 37.7 Å². The minimum Gasteiger partial charge on any atom is -0.372 e. The Morgan fingerprint density at radius 2 is 2.24 bits per heavy atom. The van der Waals surface area contributed by atoms with E-state index in [4.69, 9.17) is 4.98 Å². The molecule has 1 fully saturated rings. The molecule has 88 valence electrons. The van der Waals surface area contributed by atoms with E-state index in [1.165, 1.54) is 12.8 Å². The number of hydrogen-bond acceptors (Lipinski definition) is 4. The van der Waals surface area contributed by atoms with Gasteiger partial charge in [-0.25, -0.2) is 9.97 Å². The maximum Gasteiger partial charge on any atom is 0.171 e. The first-order valence-electron chi connectivity index (χ1n) is 5.58. The van der Waals surface area contributed by atoms with Crippen molar-refractivity contribution in [3.05, 3.63) is 27.7 Å². The summed E-state index contributed by atoms with van der Waals surface area (Å²) in [7, 11) is 1.89. The highest BCUT2D eigenvalue weighted by Crippen LogP contribution is 2.44. The quantitative estimate of drug-likeness (QED) is 0.934. The fourth-order valence-corrected chi connectivity index (χ4v) is 3.13. The number of nitrogens with one attached hydrogen (secondary N) is 1. The number of rotatable bonds is 3. The molecule has 0 radical (unpaired) electrons. The van der Waals surface area contributed by atoms with Gasteiger partial charge >= 0.3 is 0 Å². The highest BCUT2D eigenvalue weighted by molar-refractivity contribution is 9.10. The summed E-state index contributed by atoms with van der Waals surface area (Å²) >= 11 is 5.27. The van der Waals surface area contributed by atoms with Crippen LogP contribution in [0.2, 0.25) is 0 Å². The molecule has 2 aromatic heterocycles. The average molecular weight is 310 g/mol. The van der Waals surface area contributed by atoms with Gasteiger partial charge in [-0.2, -0.15) is 0 Å². The molecule has 0 unspecified atom stereocenters. The van der Waals surface area contributed by atoms with Crippen LogP contribution in [0.1, 0.15) is 24.5 Å². The highest BCUT2D eigenvalue weighted by Gasteiger charge is 2.29. The standard InChI is InChI=1S/C12H12BrN3S/c1-14-12-9(13)10(7-4-5-7)15-11(16-12)8-3-2-6-17-8/h2-3,6-7H,4-5H2,1H3,(H,14,15,16). The second-order valence-electron chi connectivity index (χ2n) is 4.10. The Labute approximate surface area is 112 Å². The monoisotopic (exact) mass is 309 g/mol. The predicted molar refractivity (Wildman–Crippen MR) is 74.6 cm³/mol. The third-order valence-electron chi connectivity index (χ3n) is 2.82. The molecule has 2 heterocycles. The fourth-order valence-electron chi connectivity index (χ4n) is 1.77. The van der Waals surface area contributed by atoms with Crippen LogP contribution in [-0.2, 0) is 0 Å². The first-order valence-corrected chi connectivity index (χ1v) is 7.26. The third-order valence-corrected chi connectivity index (χ3v) is 4.47. The van der Waals surface area contributed by atoms with E-state index < -0.39 is 0 Å². The summed E-state index contributed by atoms with van der Waals surface area (Å²) in [5, 5.41) is 5.18. The van der Waals surface area contributed by atoms with Crippen molar-refractivity contribution in [2.24, 2.45) is 0 Å². The predicted octanol–water partition coefficient (Wildman–Crippen LogP) is 3.89. The second kappa shape index (κ2) is 4.38. The van der Waals surface area contributed by atoms with Gasteiger partial charge in [-0.05, 0) is 40.2 Å². The van der Waals surface area contributed by atoms with Gasteiger partial charge in [0.05, 0.1) is 15.0 Å². The van der Waals surface area contributed by atoms with Gasteiger partial charge < -0.3 is 5.32 Å². The first-order chi connectivity index (χ1) is 8.29. The Morgan fingerprint density at radius 3 is 2.82 bits per heavy atom. The van der Waals surface area contributed by atoms with E-state index in [1.54, 1.807) is 11.3 Å². The summed E-state index contributed by atoms with van der Waals surface area (Å²) in [5.41, 5.74) is 1.15. The minimum atomic E-state index is 0.609. The van der Waals surface area contributed by atoms with E-state index in [9.17, 15) is 0 Å². The van der Waals surface area contributed by atoms with Gasteiger partial charge in [0.15, 0.2) is 5.82 Å². The van der Waals surface area contributed by atoms with Gasteiger partial charge in [0.25, 0.3) is 0 Å². The number of hydrogen-bond donors (Lipinski definition) is 1. The van der Waals surface area contributed by atoms with E-state index in [-0.39, 0.29) is 0 Å². The lowest BCUT2D eigenvalue weighted by Crippen LogP contribution is -2.02. The summed E-state index contributed by atoms with van der Waals surface area (Å²) in [4.78, 5) is 10.4. The Morgan fingerprint density at radius 1 is 1.41 bits per heavy atom. The normalized spacial score (nSPS) is 14.9. The molecule has 1 aliphatic rings. The van der Waals surface area contributed by atoms with E-state index in [0.29, 0.717) is 5.92 Å². The van der Waals surface area contributed by atoms with Gasteiger partial charge in [0.1, 0.15) is 5.82 Å². The Bertz CT molecular complexity index is 535. The molecule has 0 bridgehead atoms. The molecule has 0 spiro atoms. The Hall–Kier alpha value is -0.940. The summed E-state index contributed by atoms with van der Waals surface area (Å²) < 4.78 is 1.02. The van der Waals surface area contributed by atoms with Crippen LogP contribution >= 0.6 is 27.3 Å². The molecule has 0 atom stereocenters. The fraction of sp³-hybridized carbons (Fsp3) is 0.333. The summed E-state index contributed by atoms with van der Waals surface area (Å²) in [6.07, 6.45) is 2.48.